The van der Waals surface area contributed by atoms with Gasteiger partial charge in [-0.2, -0.15) is 0 Å². The molecular weight excluding hydrogens is 269 g/mol. The van der Waals surface area contributed by atoms with E-state index in [1.807, 2.05) is 20.8 Å². The summed E-state index contributed by atoms with van der Waals surface area (Å²) in [7, 11) is 0. The van der Waals surface area contributed by atoms with Crippen molar-refractivity contribution in [3.8, 4) is 0 Å². The van der Waals surface area contributed by atoms with E-state index in [2.05, 4.69) is 5.32 Å². The van der Waals surface area contributed by atoms with Crippen LogP contribution in [-0.2, 0) is 9.47 Å². The number of hydrogen-bond acceptors (Lipinski definition) is 3. The molecule has 1 N–H and O–H groups in total. The molecule has 4 heteroatoms. The molecule has 1 fully saturated rings. The van der Waals surface area contributed by atoms with Crippen molar-refractivity contribution < 1.29 is 13.9 Å². The van der Waals surface area contributed by atoms with Gasteiger partial charge in [0.05, 0.1) is 24.9 Å². The molecule has 0 radical (unpaired) electrons. The van der Waals surface area contributed by atoms with Crippen LogP contribution in [0.1, 0.15) is 45.3 Å². The van der Waals surface area contributed by atoms with Gasteiger partial charge in [-0.1, -0.05) is 12.1 Å². The van der Waals surface area contributed by atoms with Crippen LogP contribution in [0, 0.1) is 5.82 Å². The first kappa shape index (κ1) is 16.4. The maximum atomic E-state index is 13.0. The highest BCUT2D eigenvalue weighted by Gasteiger charge is 2.23. The van der Waals surface area contributed by atoms with Crippen LogP contribution in [0.25, 0.3) is 0 Å². The number of nitrogens with one attached hydrogen (secondary N) is 1. The first-order valence-corrected chi connectivity index (χ1v) is 7.68. The summed E-state index contributed by atoms with van der Waals surface area (Å²) in [4.78, 5) is 0. The van der Waals surface area contributed by atoms with E-state index in [9.17, 15) is 4.39 Å². The molecule has 1 aromatic carbocycles. The normalized spacial score (nSPS) is 17.0. The fraction of sp³-hybridized carbons (Fsp3) is 0.647. The number of ether oxygens (including phenoxy) is 2. The van der Waals surface area contributed by atoms with E-state index < -0.39 is 0 Å². The zero-order valence-electron chi connectivity index (χ0n) is 13.2. The van der Waals surface area contributed by atoms with Crippen LogP contribution in [-0.4, -0.2) is 31.4 Å². The third kappa shape index (κ3) is 6.55. The third-order valence-corrected chi connectivity index (χ3v) is 3.35. The molecule has 0 saturated heterocycles. The second-order valence-electron chi connectivity index (χ2n) is 6.55. The third-order valence-electron chi connectivity index (χ3n) is 3.35. The number of hydrogen-bond donors (Lipinski definition) is 1. The highest BCUT2D eigenvalue weighted by molar-refractivity contribution is 5.19. The summed E-state index contributed by atoms with van der Waals surface area (Å²) in [5, 5.41) is 3.47. The second-order valence-corrected chi connectivity index (χ2v) is 6.55. The van der Waals surface area contributed by atoms with Crippen molar-refractivity contribution in [2.75, 3.05) is 19.8 Å². The Morgan fingerprint density at radius 2 is 1.86 bits per heavy atom. The lowest BCUT2D eigenvalue weighted by Crippen LogP contribution is -2.27. The Balaban J connectivity index is 1.83. The molecule has 1 aromatic rings. The van der Waals surface area contributed by atoms with Gasteiger partial charge in [-0.25, -0.2) is 4.39 Å². The number of halogens is 1. The minimum Gasteiger partial charge on any atom is -0.373 e. The highest BCUT2D eigenvalue weighted by Crippen LogP contribution is 2.22. The van der Waals surface area contributed by atoms with Gasteiger partial charge < -0.3 is 14.8 Å². The molecule has 0 aliphatic heterocycles. The Hall–Kier alpha value is -0.970. The van der Waals surface area contributed by atoms with E-state index in [0.717, 1.165) is 12.1 Å². The fourth-order valence-electron chi connectivity index (χ4n) is 2.05. The summed E-state index contributed by atoms with van der Waals surface area (Å²) in [6.07, 6.45) is 2.42. The SMILES string of the molecule is CC(C)(C)OCCOC(CNC1CC1)c1ccc(F)cc1. The molecule has 0 aromatic heterocycles. The van der Waals surface area contributed by atoms with Crippen molar-refractivity contribution in [1.29, 1.82) is 0 Å². The quantitative estimate of drug-likeness (QED) is 0.745. The lowest BCUT2D eigenvalue weighted by molar-refractivity contribution is -0.0519. The molecule has 118 valence electrons. The summed E-state index contributed by atoms with van der Waals surface area (Å²) < 4.78 is 24.6. The predicted molar refractivity (Wildman–Crippen MR) is 81.8 cm³/mol. The highest BCUT2D eigenvalue weighted by atomic mass is 19.1. The molecule has 21 heavy (non-hydrogen) atoms. The minimum atomic E-state index is -0.219. The van der Waals surface area contributed by atoms with Gasteiger partial charge in [0.2, 0.25) is 0 Å². The first-order valence-electron chi connectivity index (χ1n) is 7.68. The average Bonchev–Trinajstić information content (AvgIpc) is 3.22. The summed E-state index contributed by atoms with van der Waals surface area (Å²) >= 11 is 0. The molecule has 0 heterocycles. The van der Waals surface area contributed by atoms with E-state index in [4.69, 9.17) is 9.47 Å². The molecule has 1 atom stereocenters. The smallest absolute Gasteiger partial charge is 0.123 e. The zero-order valence-corrected chi connectivity index (χ0v) is 13.2. The minimum absolute atomic E-state index is 0.0604. The standard InChI is InChI=1S/C17H26FNO2/c1-17(2,3)21-11-10-20-16(12-19-15-8-9-15)13-4-6-14(18)7-5-13/h4-7,15-16,19H,8-12H2,1-3H3. The van der Waals surface area contributed by atoms with Crippen LogP contribution < -0.4 is 5.32 Å². The van der Waals surface area contributed by atoms with Gasteiger partial charge in [-0.15, -0.1) is 0 Å². The predicted octanol–water partition coefficient (Wildman–Crippen LogP) is 3.45. The molecule has 1 aliphatic rings. The van der Waals surface area contributed by atoms with Crippen molar-refractivity contribution in [2.45, 2.75) is 51.4 Å². The molecule has 1 aliphatic carbocycles. The van der Waals surface area contributed by atoms with Gasteiger partial charge in [-0.3, -0.25) is 0 Å². The van der Waals surface area contributed by atoms with Crippen LogP contribution in [0.15, 0.2) is 24.3 Å². The number of benzene rings is 1. The topological polar surface area (TPSA) is 30.5 Å². The molecule has 2 rings (SSSR count). The molecule has 0 bridgehead atoms. The largest absolute Gasteiger partial charge is 0.373 e. The molecule has 1 unspecified atom stereocenters. The van der Waals surface area contributed by atoms with E-state index in [1.165, 1.54) is 25.0 Å². The first-order chi connectivity index (χ1) is 9.94. The second kappa shape index (κ2) is 7.34. The molecular formula is C17H26FNO2. The van der Waals surface area contributed by atoms with Crippen LogP contribution in [0.4, 0.5) is 4.39 Å². The number of rotatable bonds is 8. The van der Waals surface area contributed by atoms with E-state index in [1.54, 1.807) is 12.1 Å². The lowest BCUT2D eigenvalue weighted by Gasteiger charge is -2.22. The Morgan fingerprint density at radius 3 is 2.43 bits per heavy atom. The lowest BCUT2D eigenvalue weighted by atomic mass is 10.1. The Morgan fingerprint density at radius 1 is 1.19 bits per heavy atom. The van der Waals surface area contributed by atoms with E-state index >= 15 is 0 Å². The van der Waals surface area contributed by atoms with Crippen molar-refractivity contribution in [2.24, 2.45) is 0 Å². The van der Waals surface area contributed by atoms with Crippen molar-refractivity contribution >= 4 is 0 Å². The average molecular weight is 295 g/mol. The Kier molecular flexibility index (Phi) is 5.73. The van der Waals surface area contributed by atoms with Crippen LogP contribution in [0.3, 0.4) is 0 Å². The van der Waals surface area contributed by atoms with Crippen LogP contribution >= 0.6 is 0 Å². The van der Waals surface area contributed by atoms with Gasteiger partial charge >= 0.3 is 0 Å². The Bertz CT molecular complexity index is 423. The van der Waals surface area contributed by atoms with Crippen molar-refractivity contribution in [1.82, 2.24) is 5.32 Å². The maximum absolute atomic E-state index is 13.0. The molecule has 0 spiro atoms. The molecule has 0 amide bonds. The monoisotopic (exact) mass is 295 g/mol. The zero-order chi connectivity index (χ0) is 15.3. The fourth-order valence-corrected chi connectivity index (χ4v) is 2.05. The Labute approximate surface area is 126 Å². The van der Waals surface area contributed by atoms with Gasteiger partial charge in [0.1, 0.15) is 5.82 Å². The summed E-state index contributed by atoms with van der Waals surface area (Å²) in [6.45, 7) is 7.93. The van der Waals surface area contributed by atoms with Crippen molar-refractivity contribution in [3.63, 3.8) is 0 Å². The van der Waals surface area contributed by atoms with Gasteiger partial charge in [0.15, 0.2) is 0 Å². The summed E-state index contributed by atoms with van der Waals surface area (Å²) in [5.74, 6) is -0.219. The molecule has 1 saturated carbocycles. The van der Waals surface area contributed by atoms with Gasteiger partial charge in [0.25, 0.3) is 0 Å². The summed E-state index contributed by atoms with van der Waals surface area (Å²) in [6, 6.07) is 7.17. The summed E-state index contributed by atoms with van der Waals surface area (Å²) in [5.41, 5.74) is 0.848. The van der Waals surface area contributed by atoms with Gasteiger partial charge in [0, 0.05) is 12.6 Å². The molecule has 3 nitrogen and oxygen atoms in total. The maximum Gasteiger partial charge on any atom is 0.123 e. The van der Waals surface area contributed by atoms with Gasteiger partial charge in [-0.05, 0) is 51.3 Å². The van der Waals surface area contributed by atoms with Crippen LogP contribution in [0.5, 0.6) is 0 Å². The van der Waals surface area contributed by atoms with Crippen LogP contribution in [0.2, 0.25) is 0 Å². The van der Waals surface area contributed by atoms with Crippen molar-refractivity contribution in [3.05, 3.63) is 35.6 Å². The van der Waals surface area contributed by atoms with E-state index in [-0.39, 0.29) is 17.5 Å². The van der Waals surface area contributed by atoms with E-state index in [0.29, 0.717) is 19.3 Å².